The lowest BCUT2D eigenvalue weighted by molar-refractivity contribution is -0.116. The zero-order valence-electron chi connectivity index (χ0n) is 15.1. The fourth-order valence-corrected chi connectivity index (χ4v) is 4.88. The van der Waals surface area contributed by atoms with Gasteiger partial charge in [0.15, 0.2) is 17.3 Å². The van der Waals surface area contributed by atoms with Gasteiger partial charge in [-0.1, -0.05) is 53.6 Å². The zero-order valence-corrected chi connectivity index (χ0v) is 15.9. The molecule has 0 N–H and O–H groups in total. The van der Waals surface area contributed by atoms with Gasteiger partial charge in [0, 0.05) is 45.2 Å². The zero-order chi connectivity index (χ0) is 19.4. The van der Waals surface area contributed by atoms with Crippen molar-refractivity contribution in [2.45, 2.75) is 31.6 Å². The minimum Gasteiger partial charge on any atom is -0.295 e. The molecule has 5 rings (SSSR count). The van der Waals surface area contributed by atoms with Crippen molar-refractivity contribution >= 4 is 29.0 Å². The Morgan fingerprint density at radius 3 is 2.18 bits per heavy atom. The van der Waals surface area contributed by atoms with E-state index < -0.39 is 5.92 Å². The third-order valence-corrected chi connectivity index (χ3v) is 6.25. The van der Waals surface area contributed by atoms with Gasteiger partial charge in [0.2, 0.25) is 0 Å². The van der Waals surface area contributed by atoms with E-state index in [9.17, 15) is 14.4 Å². The van der Waals surface area contributed by atoms with E-state index in [0.29, 0.717) is 45.7 Å². The lowest BCUT2D eigenvalue weighted by Gasteiger charge is -2.36. The highest BCUT2D eigenvalue weighted by Crippen LogP contribution is 2.49. The molecule has 4 heteroatoms. The molecule has 0 fully saturated rings. The second-order valence-electron chi connectivity index (χ2n) is 7.55. The van der Waals surface area contributed by atoms with Crippen LogP contribution in [0.5, 0.6) is 0 Å². The maximum Gasteiger partial charge on any atom is 0.191 e. The molecule has 0 saturated heterocycles. The summed E-state index contributed by atoms with van der Waals surface area (Å²) < 4.78 is 0. The quantitative estimate of drug-likeness (QED) is 0.670. The highest BCUT2D eigenvalue weighted by molar-refractivity contribution is 6.30. The van der Waals surface area contributed by atoms with E-state index in [-0.39, 0.29) is 17.3 Å². The number of Topliss-reactive ketones (excluding diaryl/α,β-unsaturated/α-hetero) is 3. The fraction of sp³-hybridized carbons (Fsp3) is 0.208. The van der Waals surface area contributed by atoms with Crippen molar-refractivity contribution in [3.05, 3.63) is 92.5 Å². The molecule has 3 aliphatic carbocycles. The molecule has 0 saturated carbocycles. The van der Waals surface area contributed by atoms with Crippen LogP contribution in [0.3, 0.4) is 0 Å². The smallest absolute Gasteiger partial charge is 0.191 e. The van der Waals surface area contributed by atoms with Crippen molar-refractivity contribution in [1.29, 1.82) is 0 Å². The lowest BCUT2D eigenvalue weighted by atomic mass is 9.65. The first-order valence-electron chi connectivity index (χ1n) is 9.48. The molecule has 28 heavy (non-hydrogen) atoms. The summed E-state index contributed by atoms with van der Waals surface area (Å²) in [5.41, 5.74) is 4.48. The summed E-state index contributed by atoms with van der Waals surface area (Å²) in [5.74, 6) is -0.635. The van der Waals surface area contributed by atoms with Crippen LogP contribution in [-0.2, 0) is 4.79 Å². The number of fused-ring (bicyclic) bond motifs is 1. The Morgan fingerprint density at radius 1 is 0.786 bits per heavy atom. The van der Waals surface area contributed by atoms with Crippen LogP contribution in [0.25, 0.3) is 0 Å². The van der Waals surface area contributed by atoms with Gasteiger partial charge in [-0.2, -0.15) is 0 Å². The molecule has 0 heterocycles. The number of carbonyl (C=O) groups excluding carboxylic acids is 3. The Hall–Kier alpha value is -2.78. The van der Waals surface area contributed by atoms with Crippen molar-refractivity contribution in [2.75, 3.05) is 0 Å². The largest absolute Gasteiger partial charge is 0.295 e. The maximum absolute atomic E-state index is 13.5. The normalized spacial score (nSPS) is 21.5. The van der Waals surface area contributed by atoms with Gasteiger partial charge < -0.3 is 0 Å². The number of hydrogen-bond donors (Lipinski definition) is 0. The Balaban J connectivity index is 1.76. The molecule has 1 unspecified atom stereocenters. The van der Waals surface area contributed by atoms with Gasteiger partial charge in [-0.05, 0) is 37.0 Å². The van der Waals surface area contributed by atoms with Crippen LogP contribution in [-0.4, -0.2) is 17.3 Å². The summed E-state index contributed by atoms with van der Waals surface area (Å²) in [4.78, 5) is 39.6. The van der Waals surface area contributed by atoms with Crippen molar-refractivity contribution in [3.8, 4) is 0 Å². The third kappa shape index (κ3) is 2.46. The van der Waals surface area contributed by atoms with Gasteiger partial charge >= 0.3 is 0 Å². The number of hydrogen-bond acceptors (Lipinski definition) is 3. The van der Waals surface area contributed by atoms with Crippen LogP contribution in [0.4, 0.5) is 0 Å². The molecule has 0 radical (unpaired) electrons. The minimum absolute atomic E-state index is 0.0891. The Bertz CT molecular complexity index is 1120. The predicted octanol–water partition coefficient (Wildman–Crippen LogP) is 5.25. The van der Waals surface area contributed by atoms with Crippen LogP contribution >= 0.6 is 11.6 Å². The standard InChI is InChI=1S/C24H17ClO3/c25-15-10-8-13(9-11-15)21-20-14(4-3-7-19(20)26)12-18-22(21)24(28)17-6-2-1-5-16(17)23(18)27/h1-2,5-6,8-11,21H,3-4,7,12H2. The predicted molar refractivity (Wildman–Crippen MR) is 107 cm³/mol. The Morgan fingerprint density at radius 2 is 1.46 bits per heavy atom. The van der Waals surface area contributed by atoms with Gasteiger partial charge in [-0.3, -0.25) is 14.4 Å². The van der Waals surface area contributed by atoms with E-state index in [4.69, 9.17) is 11.6 Å². The first kappa shape index (κ1) is 17.3. The molecule has 0 spiro atoms. The highest BCUT2D eigenvalue weighted by atomic mass is 35.5. The molecule has 2 aromatic rings. The maximum atomic E-state index is 13.5. The van der Waals surface area contributed by atoms with E-state index in [1.165, 1.54) is 0 Å². The van der Waals surface area contributed by atoms with Gasteiger partial charge in [0.05, 0.1) is 0 Å². The molecule has 1 atom stereocenters. The average molecular weight is 389 g/mol. The summed E-state index contributed by atoms with van der Waals surface area (Å²) in [6, 6.07) is 14.2. The Labute approximate surface area is 167 Å². The van der Waals surface area contributed by atoms with Crippen LogP contribution in [0.2, 0.25) is 5.02 Å². The summed E-state index contributed by atoms with van der Waals surface area (Å²) in [5, 5.41) is 0.592. The van der Waals surface area contributed by atoms with Crippen molar-refractivity contribution in [1.82, 2.24) is 0 Å². The second kappa shape index (κ2) is 6.39. The van der Waals surface area contributed by atoms with Crippen molar-refractivity contribution in [2.24, 2.45) is 0 Å². The van der Waals surface area contributed by atoms with E-state index in [0.717, 1.165) is 24.0 Å². The van der Waals surface area contributed by atoms with E-state index in [1.807, 2.05) is 12.1 Å². The average Bonchev–Trinajstić information content (AvgIpc) is 2.71. The number of rotatable bonds is 1. The summed E-state index contributed by atoms with van der Waals surface area (Å²) in [6.07, 6.45) is 2.49. The third-order valence-electron chi connectivity index (χ3n) is 5.99. The molecule has 3 nitrogen and oxygen atoms in total. The molecular formula is C24H17ClO3. The highest BCUT2D eigenvalue weighted by Gasteiger charge is 2.43. The molecule has 0 aromatic heterocycles. The molecule has 0 bridgehead atoms. The van der Waals surface area contributed by atoms with Crippen molar-refractivity contribution in [3.63, 3.8) is 0 Å². The van der Waals surface area contributed by atoms with Gasteiger partial charge in [-0.15, -0.1) is 0 Å². The van der Waals surface area contributed by atoms with Crippen LogP contribution < -0.4 is 0 Å². The topological polar surface area (TPSA) is 51.2 Å². The molecule has 2 aromatic carbocycles. The van der Waals surface area contributed by atoms with E-state index >= 15 is 0 Å². The second-order valence-corrected chi connectivity index (χ2v) is 7.99. The number of allylic oxidation sites excluding steroid dienone is 4. The number of carbonyl (C=O) groups is 3. The van der Waals surface area contributed by atoms with Crippen LogP contribution in [0, 0.1) is 0 Å². The summed E-state index contributed by atoms with van der Waals surface area (Å²) in [7, 11) is 0. The number of halogens is 1. The van der Waals surface area contributed by atoms with Crippen molar-refractivity contribution < 1.29 is 14.4 Å². The number of ketones is 3. The van der Waals surface area contributed by atoms with E-state index in [1.54, 1.807) is 36.4 Å². The first-order valence-corrected chi connectivity index (χ1v) is 9.86. The monoisotopic (exact) mass is 388 g/mol. The fourth-order valence-electron chi connectivity index (χ4n) is 4.75. The van der Waals surface area contributed by atoms with Crippen LogP contribution in [0.15, 0.2) is 70.8 Å². The lowest BCUT2D eigenvalue weighted by Crippen LogP contribution is -2.33. The molecule has 0 amide bonds. The first-order chi connectivity index (χ1) is 13.6. The molecular weight excluding hydrogens is 372 g/mol. The Kier molecular flexibility index (Phi) is 3.95. The van der Waals surface area contributed by atoms with Gasteiger partial charge in [0.25, 0.3) is 0 Å². The summed E-state index contributed by atoms with van der Waals surface area (Å²) >= 11 is 6.06. The van der Waals surface area contributed by atoms with E-state index in [2.05, 4.69) is 0 Å². The molecule has 0 aliphatic heterocycles. The molecule has 3 aliphatic rings. The van der Waals surface area contributed by atoms with Crippen LogP contribution in [0.1, 0.15) is 57.9 Å². The SMILES string of the molecule is O=C1CCCC2=C1C(c1ccc(Cl)cc1)C1=C(C2)C(=O)c2ccccc2C1=O. The number of benzene rings is 2. The minimum atomic E-state index is -0.492. The van der Waals surface area contributed by atoms with Gasteiger partial charge in [-0.25, -0.2) is 0 Å². The summed E-state index contributed by atoms with van der Waals surface area (Å²) in [6.45, 7) is 0. The molecule has 138 valence electrons. The van der Waals surface area contributed by atoms with Gasteiger partial charge in [0.1, 0.15) is 0 Å².